The van der Waals surface area contributed by atoms with Crippen LogP contribution in [0, 0.1) is 10.1 Å². The second kappa shape index (κ2) is 6.78. The van der Waals surface area contributed by atoms with Crippen molar-refractivity contribution in [3.8, 4) is 5.75 Å². The number of nitrogens with one attached hydrogen (secondary N) is 1. The maximum atomic E-state index is 10.9. The number of hydrogen-bond donors (Lipinski definition) is 1. The Kier molecular flexibility index (Phi) is 5.03. The lowest BCUT2D eigenvalue weighted by molar-refractivity contribution is -0.385. The number of nitro benzene ring substituents is 1. The molecule has 0 saturated heterocycles. The normalized spacial score (nSPS) is 10.2. The zero-order valence-electron chi connectivity index (χ0n) is 11.1. The van der Waals surface area contributed by atoms with Crippen molar-refractivity contribution in [3.63, 3.8) is 0 Å². The number of non-ortho nitro benzene ring substituents is 1. The fourth-order valence-electron chi connectivity index (χ4n) is 1.86. The van der Waals surface area contributed by atoms with E-state index in [0.29, 0.717) is 21.8 Å². The Morgan fingerprint density at radius 2 is 2.10 bits per heavy atom. The van der Waals surface area contributed by atoms with E-state index in [9.17, 15) is 10.1 Å². The Morgan fingerprint density at radius 1 is 1.33 bits per heavy atom. The smallest absolute Gasteiger partial charge is 0.270 e. The van der Waals surface area contributed by atoms with Gasteiger partial charge < -0.3 is 10.1 Å². The second-order valence-electron chi connectivity index (χ2n) is 4.27. The highest BCUT2D eigenvalue weighted by Gasteiger charge is 2.09. The van der Waals surface area contributed by atoms with Crippen LogP contribution in [-0.2, 0) is 6.54 Å². The molecule has 0 aliphatic heterocycles. The van der Waals surface area contributed by atoms with Crippen LogP contribution in [0.15, 0.2) is 40.9 Å². The van der Waals surface area contributed by atoms with Crippen molar-refractivity contribution in [2.24, 2.45) is 0 Å². The number of methoxy groups -OCH3 is 1. The number of halogens is 2. The highest BCUT2D eigenvalue weighted by Crippen LogP contribution is 2.29. The van der Waals surface area contributed by atoms with Gasteiger partial charge in [0.1, 0.15) is 5.75 Å². The van der Waals surface area contributed by atoms with Gasteiger partial charge in [-0.3, -0.25) is 10.1 Å². The van der Waals surface area contributed by atoms with Gasteiger partial charge in [0.25, 0.3) is 5.69 Å². The first-order valence-corrected chi connectivity index (χ1v) is 7.18. The van der Waals surface area contributed by atoms with Crippen molar-refractivity contribution in [1.82, 2.24) is 0 Å². The van der Waals surface area contributed by atoms with Gasteiger partial charge in [-0.2, -0.15) is 0 Å². The van der Waals surface area contributed by atoms with Gasteiger partial charge in [0.2, 0.25) is 0 Å². The van der Waals surface area contributed by atoms with Gasteiger partial charge in [-0.25, -0.2) is 0 Å². The van der Waals surface area contributed by atoms with Crippen molar-refractivity contribution < 1.29 is 9.66 Å². The van der Waals surface area contributed by atoms with Crippen LogP contribution in [0.1, 0.15) is 5.56 Å². The van der Waals surface area contributed by atoms with Gasteiger partial charge in [-0.15, -0.1) is 0 Å². The molecule has 0 aliphatic carbocycles. The van der Waals surface area contributed by atoms with E-state index in [1.807, 2.05) is 6.07 Å². The minimum atomic E-state index is -0.422. The summed E-state index contributed by atoms with van der Waals surface area (Å²) in [7, 11) is 1.57. The average Bonchev–Trinajstić information content (AvgIpc) is 2.44. The summed E-state index contributed by atoms with van der Waals surface area (Å²) in [5, 5.41) is 14.6. The van der Waals surface area contributed by atoms with E-state index in [-0.39, 0.29) is 5.69 Å². The molecule has 0 heterocycles. The lowest BCUT2D eigenvalue weighted by Gasteiger charge is -2.11. The number of nitrogens with zero attached hydrogens (tertiary/aromatic N) is 1. The van der Waals surface area contributed by atoms with Gasteiger partial charge in [0.15, 0.2) is 0 Å². The van der Waals surface area contributed by atoms with Crippen molar-refractivity contribution in [3.05, 3.63) is 61.6 Å². The minimum absolute atomic E-state index is 0.0410. The first-order valence-electron chi connectivity index (χ1n) is 6.01. The maximum Gasteiger partial charge on any atom is 0.270 e. The molecule has 110 valence electrons. The second-order valence-corrected chi connectivity index (χ2v) is 5.63. The Bertz CT molecular complexity index is 679. The lowest BCUT2D eigenvalue weighted by atomic mass is 10.2. The molecular weight excluding hydrogens is 360 g/mol. The van der Waals surface area contributed by atoms with Crippen molar-refractivity contribution in [2.75, 3.05) is 12.4 Å². The number of ether oxygens (including phenoxy) is 1. The molecule has 0 spiro atoms. The third-order valence-corrected chi connectivity index (χ3v) is 3.49. The average molecular weight is 372 g/mol. The molecule has 0 saturated carbocycles. The zero-order valence-corrected chi connectivity index (χ0v) is 13.4. The van der Waals surface area contributed by atoms with E-state index in [4.69, 9.17) is 16.3 Å². The molecular formula is C14H12BrClN2O3. The molecule has 2 aromatic carbocycles. The maximum absolute atomic E-state index is 10.9. The summed E-state index contributed by atoms with van der Waals surface area (Å²) in [6.45, 7) is 0.414. The predicted molar refractivity (Wildman–Crippen MR) is 86.1 cm³/mol. The number of rotatable bonds is 5. The SMILES string of the molecule is COc1ccc(Cl)cc1NCc1cc(Br)cc([N+](=O)[O-])c1. The van der Waals surface area contributed by atoms with Gasteiger partial charge >= 0.3 is 0 Å². The Morgan fingerprint density at radius 3 is 2.76 bits per heavy atom. The van der Waals surface area contributed by atoms with E-state index >= 15 is 0 Å². The molecule has 5 nitrogen and oxygen atoms in total. The van der Waals surface area contributed by atoms with Gasteiger partial charge in [-0.1, -0.05) is 27.5 Å². The molecule has 0 fully saturated rings. The van der Waals surface area contributed by atoms with E-state index in [1.54, 1.807) is 25.3 Å². The standard InChI is InChI=1S/C14H12BrClN2O3/c1-21-14-3-2-11(16)7-13(14)17-8-9-4-10(15)6-12(5-9)18(19)20/h2-7,17H,8H2,1H3. The summed E-state index contributed by atoms with van der Waals surface area (Å²) in [5.41, 5.74) is 1.55. The van der Waals surface area contributed by atoms with Crippen molar-refractivity contribution >= 4 is 38.9 Å². The number of anilines is 1. The van der Waals surface area contributed by atoms with Crippen LogP contribution < -0.4 is 10.1 Å². The van der Waals surface area contributed by atoms with E-state index in [1.165, 1.54) is 12.1 Å². The number of hydrogen-bond acceptors (Lipinski definition) is 4. The summed E-state index contributed by atoms with van der Waals surface area (Å²) in [5.74, 6) is 0.656. The fourth-order valence-corrected chi connectivity index (χ4v) is 2.56. The number of benzene rings is 2. The van der Waals surface area contributed by atoms with Crippen LogP contribution in [0.5, 0.6) is 5.75 Å². The Labute approximate surface area is 135 Å². The molecule has 0 unspecified atom stereocenters. The minimum Gasteiger partial charge on any atom is -0.495 e. The summed E-state index contributed by atoms with van der Waals surface area (Å²) >= 11 is 9.22. The third-order valence-electron chi connectivity index (χ3n) is 2.80. The zero-order chi connectivity index (χ0) is 15.4. The van der Waals surface area contributed by atoms with E-state index in [0.717, 1.165) is 11.3 Å². The molecule has 0 aliphatic rings. The van der Waals surface area contributed by atoms with Crippen LogP contribution in [0.25, 0.3) is 0 Å². The molecule has 0 bridgehead atoms. The van der Waals surface area contributed by atoms with E-state index in [2.05, 4.69) is 21.2 Å². The topological polar surface area (TPSA) is 64.4 Å². The van der Waals surface area contributed by atoms with Crippen LogP contribution >= 0.6 is 27.5 Å². The molecule has 7 heteroatoms. The molecule has 1 N–H and O–H groups in total. The summed E-state index contributed by atoms with van der Waals surface area (Å²) < 4.78 is 5.89. The van der Waals surface area contributed by atoms with Gasteiger partial charge in [0, 0.05) is 28.2 Å². The highest BCUT2D eigenvalue weighted by atomic mass is 79.9. The highest BCUT2D eigenvalue weighted by molar-refractivity contribution is 9.10. The van der Waals surface area contributed by atoms with Crippen LogP contribution in [0.4, 0.5) is 11.4 Å². The van der Waals surface area contributed by atoms with Crippen molar-refractivity contribution in [1.29, 1.82) is 0 Å². The lowest BCUT2D eigenvalue weighted by Crippen LogP contribution is -2.02. The summed E-state index contributed by atoms with van der Waals surface area (Å²) in [6, 6.07) is 10.0. The fraction of sp³-hybridized carbons (Fsp3) is 0.143. The van der Waals surface area contributed by atoms with Crippen LogP contribution in [0.2, 0.25) is 5.02 Å². The Hall–Kier alpha value is -1.79. The Balaban J connectivity index is 2.20. The first kappa shape index (κ1) is 15.6. The van der Waals surface area contributed by atoms with E-state index < -0.39 is 4.92 Å². The monoisotopic (exact) mass is 370 g/mol. The van der Waals surface area contributed by atoms with Gasteiger partial charge in [0.05, 0.1) is 17.7 Å². The summed E-state index contributed by atoms with van der Waals surface area (Å²) in [4.78, 5) is 10.4. The summed E-state index contributed by atoms with van der Waals surface area (Å²) in [6.07, 6.45) is 0. The molecule has 0 aromatic heterocycles. The van der Waals surface area contributed by atoms with Crippen LogP contribution in [0.3, 0.4) is 0 Å². The van der Waals surface area contributed by atoms with Gasteiger partial charge in [-0.05, 0) is 29.8 Å². The molecule has 2 aromatic rings. The molecule has 0 atom stereocenters. The largest absolute Gasteiger partial charge is 0.495 e. The number of nitro groups is 1. The van der Waals surface area contributed by atoms with Crippen LogP contribution in [-0.4, -0.2) is 12.0 Å². The predicted octanol–water partition coefficient (Wildman–Crippen LogP) is 4.63. The molecule has 0 radical (unpaired) electrons. The quantitative estimate of drug-likeness (QED) is 0.614. The molecule has 21 heavy (non-hydrogen) atoms. The molecule has 2 rings (SSSR count). The van der Waals surface area contributed by atoms with Crippen molar-refractivity contribution in [2.45, 2.75) is 6.54 Å². The molecule has 0 amide bonds. The third kappa shape index (κ3) is 4.09. The first-order chi connectivity index (χ1) is 9.99.